The molecule has 0 spiro atoms. The van der Waals surface area contributed by atoms with Crippen molar-refractivity contribution < 1.29 is 14.7 Å². The lowest BCUT2D eigenvalue weighted by atomic mass is 10.1. The number of benzene rings is 2. The van der Waals surface area contributed by atoms with Gasteiger partial charge in [0.05, 0.1) is 12.6 Å². The number of carbonyl (C=O) groups is 2. The van der Waals surface area contributed by atoms with Crippen LogP contribution < -0.4 is 5.32 Å². The lowest BCUT2D eigenvalue weighted by Gasteiger charge is -2.22. The summed E-state index contributed by atoms with van der Waals surface area (Å²) in [5, 5.41) is 13.9. The Kier molecular flexibility index (Phi) is 4.06. The summed E-state index contributed by atoms with van der Waals surface area (Å²) in [5.41, 5.74) is 0.621. The summed E-state index contributed by atoms with van der Waals surface area (Å²) in [6, 6.07) is 13.0. The molecule has 0 saturated carbocycles. The standard InChI is InChI=1S/C17H18N2O3/c20-11-13-7-4-10-19(13)17(22)16(21)18-15-9-3-6-12-5-1-2-8-14(12)15/h1-3,5-6,8-9,13,20H,4,7,10-11H2,(H,18,21)/t13-/m0/s1. The van der Waals surface area contributed by atoms with E-state index >= 15 is 0 Å². The first-order chi connectivity index (χ1) is 10.7. The minimum Gasteiger partial charge on any atom is -0.394 e. The molecule has 0 aromatic heterocycles. The van der Waals surface area contributed by atoms with Crippen molar-refractivity contribution in [3.05, 3.63) is 42.5 Å². The van der Waals surface area contributed by atoms with Gasteiger partial charge in [0.25, 0.3) is 0 Å². The predicted octanol–water partition coefficient (Wildman–Crippen LogP) is 1.76. The van der Waals surface area contributed by atoms with Gasteiger partial charge >= 0.3 is 11.8 Å². The van der Waals surface area contributed by atoms with Crippen molar-refractivity contribution in [2.75, 3.05) is 18.5 Å². The van der Waals surface area contributed by atoms with Gasteiger partial charge in [0.2, 0.25) is 0 Å². The van der Waals surface area contributed by atoms with Gasteiger partial charge in [-0.1, -0.05) is 36.4 Å². The largest absolute Gasteiger partial charge is 0.394 e. The Balaban J connectivity index is 1.80. The maximum Gasteiger partial charge on any atom is 0.313 e. The number of carbonyl (C=O) groups excluding carboxylic acids is 2. The molecule has 1 fully saturated rings. The van der Waals surface area contributed by atoms with Crippen LogP contribution in [-0.2, 0) is 9.59 Å². The van der Waals surface area contributed by atoms with Crippen LogP contribution in [0.15, 0.2) is 42.5 Å². The van der Waals surface area contributed by atoms with Crippen LogP contribution in [-0.4, -0.2) is 41.0 Å². The van der Waals surface area contributed by atoms with Crippen molar-refractivity contribution in [3.63, 3.8) is 0 Å². The molecule has 0 unspecified atom stereocenters. The van der Waals surface area contributed by atoms with E-state index in [9.17, 15) is 14.7 Å². The Morgan fingerprint density at radius 3 is 2.77 bits per heavy atom. The van der Waals surface area contributed by atoms with Gasteiger partial charge < -0.3 is 15.3 Å². The summed E-state index contributed by atoms with van der Waals surface area (Å²) < 4.78 is 0. The third-order valence-corrected chi connectivity index (χ3v) is 4.08. The Hall–Kier alpha value is -2.40. The number of aliphatic hydroxyl groups is 1. The summed E-state index contributed by atoms with van der Waals surface area (Å²) in [4.78, 5) is 25.9. The second kappa shape index (κ2) is 6.15. The van der Waals surface area contributed by atoms with Crippen LogP contribution >= 0.6 is 0 Å². The van der Waals surface area contributed by atoms with Crippen LogP contribution in [0.1, 0.15) is 12.8 Å². The van der Waals surface area contributed by atoms with E-state index in [0.717, 1.165) is 23.6 Å². The van der Waals surface area contributed by atoms with Crippen LogP contribution in [0, 0.1) is 0 Å². The molecule has 1 heterocycles. The number of hydrogen-bond acceptors (Lipinski definition) is 3. The monoisotopic (exact) mass is 298 g/mol. The normalized spacial score (nSPS) is 17.7. The van der Waals surface area contributed by atoms with E-state index in [2.05, 4.69) is 5.32 Å². The van der Waals surface area contributed by atoms with Gasteiger partial charge in [-0.25, -0.2) is 0 Å². The van der Waals surface area contributed by atoms with Crippen molar-refractivity contribution >= 4 is 28.3 Å². The number of fused-ring (bicyclic) bond motifs is 1. The smallest absolute Gasteiger partial charge is 0.313 e. The third kappa shape index (κ3) is 2.67. The average Bonchev–Trinajstić information content (AvgIpc) is 3.03. The first-order valence-corrected chi connectivity index (χ1v) is 7.41. The first-order valence-electron chi connectivity index (χ1n) is 7.41. The Bertz CT molecular complexity index is 709. The van der Waals surface area contributed by atoms with E-state index in [0.29, 0.717) is 12.2 Å². The fourth-order valence-electron chi connectivity index (χ4n) is 2.93. The van der Waals surface area contributed by atoms with Gasteiger partial charge in [-0.2, -0.15) is 0 Å². The topological polar surface area (TPSA) is 69.6 Å². The molecule has 114 valence electrons. The maximum absolute atomic E-state index is 12.3. The zero-order valence-electron chi connectivity index (χ0n) is 12.2. The van der Waals surface area contributed by atoms with Crippen molar-refractivity contribution in [3.8, 4) is 0 Å². The maximum atomic E-state index is 12.3. The average molecular weight is 298 g/mol. The van der Waals surface area contributed by atoms with Crippen LogP contribution in [0.5, 0.6) is 0 Å². The SMILES string of the molecule is O=C(Nc1cccc2ccccc12)C(=O)N1CCC[C@H]1CO. The molecular formula is C17H18N2O3. The summed E-state index contributed by atoms with van der Waals surface area (Å²) in [6.07, 6.45) is 1.56. The molecule has 0 radical (unpaired) electrons. The van der Waals surface area contributed by atoms with E-state index in [1.54, 1.807) is 6.07 Å². The van der Waals surface area contributed by atoms with E-state index in [1.165, 1.54) is 4.90 Å². The molecule has 1 aliphatic rings. The van der Waals surface area contributed by atoms with Gasteiger partial charge in [-0.3, -0.25) is 9.59 Å². The number of aliphatic hydroxyl groups excluding tert-OH is 1. The van der Waals surface area contributed by atoms with Crippen molar-refractivity contribution in [1.29, 1.82) is 0 Å². The highest BCUT2D eigenvalue weighted by atomic mass is 16.3. The number of anilines is 1. The fourth-order valence-corrected chi connectivity index (χ4v) is 2.93. The number of rotatable bonds is 2. The van der Waals surface area contributed by atoms with Crippen molar-refractivity contribution in [2.24, 2.45) is 0 Å². The molecule has 2 amide bonds. The molecule has 5 heteroatoms. The predicted molar refractivity (Wildman–Crippen MR) is 84.4 cm³/mol. The van der Waals surface area contributed by atoms with Crippen LogP contribution in [0.2, 0.25) is 0 Å². The van der Waals surface area contributed by atoms with E-state index in [1.807, 2.05) is 36.4 Å². The highest BCUT2D eigenvalue weighted by Gasteiger charge is 2.32. The number of nitrogens with one attached hydrogen (secondary N) is 1. The minimum absolute atomic E-state index is 0.104. The molecule has 1 aliphatic heterocycles. The molecule has 1 atom stereocenters. The zero-order chi connectivity index (χ0) is 15.5. The zero-order valence-corrected chi connectivity index (χ0v) is 12.2. The Morgan fingerprint density at radius 1 is 1.18 bits per heavy atom. The van der Waals surface area contributed by atoms with Gasteiger partial charge in [-0.05, 0) is 24.3 Å². The summed E-state index contributed by atoms with van der Waals surface area (Å²) in [5.74, 6) is -1.24. The number of hydrogen-bond donors (Lipinski definition) is 2. The molecule has 2 N–H and O–H groups in total. The quantitative estimate of drug-likeness (QED) is 0.830. The molecule has 3 rings (SSSR count). The highest BCUT2D eigenvalue weighted by Crippen LogP contribution is 2.23. The summed E-state index contributed by atoms with van der Waals surface area (Å²) in [7, 11) is 0. The van der Waals surface area contributed by atoms with Crippen molar-refractivity contribution in [1.82, 2.24) is 4.90 Å². The minimum atomic E-state index is -0.656. The lowest BCUT2D eigenvalue weighted by Crippen LogP contribution is -2.43. The highest BCUT2D eigenvalue weighted by molar-refractivity contribution is 6.40. The molecule has 2 aromatic carbocycles. The van der Waals surface area contributed by atoms with E-state index in [-0.39, 0.29) is 12.6 Å². The molecule has 0 aliphatic carbocycles. The number of likely N-dealkylation sites (tertiary alicyclic amines) is 1. The molecule has 1 saturated heterocycles. The fraction of sp³-hybridized carbons (Fsp3) is 0.294. The number of nitrogens with zero attached hydrogens (tertiary/aromatic N) is 1. The lowest BCUT2D eigenvalue weighted by molar-refractivity contribution is -0.144. The van der Waals surface area contributed by atoms with Crippen molar-refractivity contribution in [2.45, 2.75) is 18.9 Å². The van der Waals surface area contributed by atoms with Gasteiger partial charge in [0.1, 0.15) is 0 Å². The number of amides is 2. The molecular weight excluding hydrogens is 280 g/mol. The second-order valence-electron chi connectivity index (χ2n) is 5.46. The van der Waals surface area contributed by atoms with Crippen LogP contribution in [0.25, 0.3) is 10.8 Å². The summed E-state index contributed by atoms with van der Waals surface area (Å²) in [6.45, 7) is 0.417. The second-order valence-corrected chi connectivity index (χ2v) is 5.46. The van der Waals surface area contributed by atoms with Crippen LogP contribution in [0.3, 0.4) is 0 Å². The first kappa shape index (κ1) is 14.5. The molecule has 0 bridgehead atoms. The van der Waals surface area contributed by atoms with E-state index < -0.39 is 11.8 Å². The van der Waals surface area contributed by atoms with Gasteiger partial charge in [0, 0.05) is 17.6 Å². The third-order valence-electron chi connectivity index (χ3n) is 4.08. The summed E-state index contributed by atoms with van der Waals surface area (Å²) >= 11 is 0. The molecule has 22 heavy (non-hydrogen) atoms. The Labute approximate surface area is 128 Å². The molecule has 5 nitrogen and oxygen atoms in total. The van der Waals surface area contributed by atoms with E-state index in [4.69, 9.17) is 0 Å². The molecule has 2 aromatic rings. The van der Waals surface area contributed by atoms with Gasteiger partial charge in [0.15, 0.2) is 0 Å². The Morgan fingerprint density at radius 2 is 1.95 bits per heavy atom. The van der Waals surface area contributed by atoms with Crippen LogP contribution in [0.4, 0.5) is 5.69 Å². The van der Waals surface area contributed by atoms with Gasteiger partial charge in [-0.15, -0.1) is 0 Å².